The second kappa shape index (κ2) is 9.83. The first-order valence-electron chi connectivity index (χ1n) is 11.4. The van der Waals surface area contributed by atoms with E-state index in [-0.39, 0.29) is 11.4 Å². The van der Waals surface area contributed by atoms with Gasteiger partial charge < -0.3 is 9.47 Å². The Labute approximate surface area is 218 Å². The Morgan fingerprint density at radius 2 is 1.73 bits per heavy atom. The number of hydrogen-bond acceptors (Lipinski definition) is 8. The molecule has 0 saturated carbocycles. The van der Waals surface area contributed by atoms with Gasteiger partial charge in [-0.3, -0.25) is 14.4 Å². The molecule has 4 aromatic rings. The maximum Gasteiger partial charge on any atom is 0.269 e. The Bertz CT molecular complexity index is 1550. The number of carbonyl (C=O) groups is 1. The minimum atomic E-state index is -4.00. The van der Waals surface area contributed by atoms with E-state index in [4.69, 9.17) is 9.47 Å². The van der Waals surface area contributed by atoms with Gasteiger partial charge in [0, 0.05) is 5.56 Å². The molecule has 1 aromatic heterocycles. The molecule has 0 aliphatic carbocycles. The van der Waals surface area contributed by atoms with Crippen molar-refractivity contribution < 1.29 is 22.7 Å². The SMILES string of the molecule is COc1ccc(S(=O)(=O)N2C[C@H](C(=O)Nc3nnc(-c4ccc(C)cc4)s3)Oc3cc(C)ccc32)cc1. The molecule has 1 aliphatic heterocycles. The molecule has 0 saturated heterocycles. The largest absolute Gasteiger partial charge is 0.497 e. The third-order valence-electron chi connectivity index (χ3n) is 5.88. The highest BCUT2D eigenvalue weighted by molar-refractivity contribution is 7.92. The van der Waals surface area contributed by atoms with Crippen LogP contribution in [0.1, 0.15) is 11.1 Å². The molecule has 9 nitrogen and oxygen atoms in total. The number of amides is 1. The van der Waals surface area contributed by atoms with E-state index in [1.54, 1.807) is 30.3 Å². The fraction of sp³-hybridized carbons (Fsp3) is 0.192. The second-order valence-electron chi connectivity index (χ2n) is 8.56. The molecule has 2 heterocycles. The first-order valence-corrected chi connectivity index (χ1v) is 13.7. The smallest absolute Gasteiger partial charge is 0.269 e. The van der Waals surface area contributed by atoms with Crippen LogP contribution in [0, 0.1) is 13.8 Å². The van der Waals surface area contributed by atoms with Crippen LogP contribution in [0.5, 0.6) is 11.5 Å². The van der Waals surface area contributed by atoms with Crippen LogP contribution in [-0.2, 0) is 14.8 Å². The molecule has 1 aliphatic rings. The van der Waals surface area contributed by atoms with Crippen molar-refractivity contribution in [3.8, 4) is 22.1 Å². The van der Waals surface area contributed by atoms with Crippen LogP contribution in [0.4, 0.5) is 10.8 Å². The van der Waals surface area contributed by atoms with Crippen molar-refractivity contribution in [1.82, 2.24) is 10.2 Å². The van der Waals surface area contributed by atoms with Gasteiger partial charge in [-0.25, -0.2) is 8.42 Å². The van der Waals surface area contributed by atoms with Gasteiger partial charge in [-0.05, 0) is 55.8 Å². The summed E-state index contributed by atoms with van der Waals surface area (Å²) in [5, 5.41) is 11.9. The molecule has 11 heteroatoms. The fourth-order valence-electron chi connectivity index (χ4n) is 3.87. The summed E-state index contributed by atoms with van der Waals surface area (Å²) >= 11 is 1.23. The number of fused-ring (bicyclic) bond motifs is 1. The van der Waals surface area contributed by atoms with Crippen LogP contribution >= 0.6 is 11.3 Å². The Morgan fingerprint density at radius 1 is 1.03 bits per heavy atom. The molecule has 190 valence electrons. The average molecular weight is 537 g/mol. The Hall–Kier alpha value is -3.96. The first kappa shape index (κ1) is 24.7. The highest BCUT2D eigenvalue weighted by Gasteiger charge is 2.38. The lowest BCUT2D eigenvalue weighted by atomic mass is 10.1. The topological polar surface area (TPSA) is 111 Å². The van der Waals surface area contributed by atoms with Gasteiger partial charge in [-0.2, -0.15) is 0 Å². The van der Waals surface area contributed by atoms with Gasteiger partial charge in [-0.15, -0.1) is 10.2 Å². The number of aryl methyl sites for hydroxylation is 2. The normalized spacial score (nSPS) is 15.0. The number of carbonyl (C=O) groups excluding carboxylic acids is 1. The van der Waals surface area contributed by atoms with Gasteiger partial charge >= 0.3 is 0 Å². The van der Waals surface area contributed by atoms with Crippen LogP contribution in [-0.4, -0.2) is 44.3 Å². The lowest BCUT2D eigenvalue weighted by molar-refractivity contribution is -0.122. The van der Waals surface area contributed by atoms with Gasteiger partial charge in [0.2, 0.25) is 5.13 Å². The summed E-state index contributed by atoms with van der Waals surface area (Å²) in [4.78, 5) is 13.3. The highest BCUT2D eigenvalue weighted by atomic mass is 32.2. The quantitative estimate of drug-likeness (QED) is 0.388. The van der Waals surface area contributed by atoms with E-state index in [0.717, 1.165) is 16.7 Å². The van der Waals surface area contributed by atoms with E-state index in [9.17, 15) is 13.2 Å². The van der Waals surface area contributed by atoms with E-state index in [2.05, 4.69) is 15.5 Å². The number of aromatic nitrogens is 2. The number of nitrogens with one attached hydrogen (secondary N) is 1. The standard InChI is InChI=1S/C26H24N4O5S2/c1-16-4-7-18(8-5-16)25-28-29-26(36-25)27-24(31)23-15-30(21-13-6-17(2)14-22(21)35-23)37(32,33)20-11-9-19(34-3)10-12-20/h4-14,23H,15H2,1-3H3,(H,27,29,31)/t23-/m1/s1. The van der Waals surface area contributed by atoms with Crippen molar-refractivity contribution in [2.24, 2.45) is 0 Å². The summed E-state index contributed by atoms with van der Waals surface area (Å²) in [5.74, 6) is 0.325. The lowest BCUT2D eigenvalue weighted by Gasteiger charge is -2.34. The first-order chi connectivity index (χ1) is 17.7. The summed E-state index contributed by atoms with van der Waals surface area (Å²) < 4.78 is 39.6. The van der Waals surface area contributed by atoms with E-state index >= 15 is 0 Å². The molecule has 0 radical (unpaired) electrons. The van der Waals surface area contributed by atoms with Crippen molar-refractivity contribution in [3.63, 3.8) is 0 Å². The van der Waals surface area contributed by atoms with E-state index < -0.39 is 22.0 Å². The highest BCUT2D eigenvalue weighted by Crippen LogP contribution is 2.38. The molecule has 0 spiro atoms. The van der Waals surface area contributed by atoms with Crippen molar-refractivity contribution >= 4 is 38.1 Å². The predicted octanol–water partition coefficient (Wildman–Crippen LogP) is 4.43. The molecule has 0 fully saturated rings. The zero-order chi connectivity index (χ0) is 26.2. The summed E-state index contributed by atoms with van der Waals surface area (Å²) in [7, 11) is -2.49. The van der Waals surface area contributed by atoms with Crippen LogP contribution in [0.15, 0.2) is 71.6 Å². The zero-order valence-corrected chi connectivity index (χ0v) is 22.0. The summed E-state index contributed by atoms with van der Waals surface area (Å²) in [6.07, 6.45) is -1.10. The van der Waals surface area contributed by atoms with Crippen LogP contribution in [0.25, 0.3) is 10.6 Å². The molecule has 0 unspecified atom stereocenters. The third kappa shape index (κ3) is 5.00. The van der Waals surface area contributed by atoms with Gasteiger partial charge in [-0.1, -0.05) is 47.2 Å². The van der Waals surface area contributed by atoms with Gasteiger partial charge in [0.25, 0.3) is 15.9 Å². The van der Waals surface area contributed by atoms with E-state index in [0.29, 0.717) is 27.3 Å². The van der Waals surface area contributed by atoms with Crippen LogP contribution in [0.2, 0.25) is 0 Å². The fourth-order valence-corrected chi connectivity index (χ4v) is 6.10. The van der Waals surface area contributed by atoms with Gasteiger partial charge in [0.15, 0.2) is 6.10 Å². The number of methoxy groups -OCH3 is 1. The van der Waals surface area contributed by atoms with E-state index in [1.165, 1.54) is 34.9 Å². The second-order valence-corrected chi connectivity index (χ2v) is 11.4. The maximum absolute atomic E-state index is 13.6. The minimum Gasteiger partial charge on any atom is -0.497 e. The number of hydrogen-bond donors (Lipinski definition) is 1. The molecule has 1 atom stereocenters. The third-order valence-corrected chi connectivity index (χ3v) is 8.56. The predicted molar refractivity (Wildman–Crippen MR) is 142 cm³/mol. The summed E-state index contributed by atoms with van der Waals surface area (Å²) in [6.45, 7) is 3.65. The average Bonchev–Trinajstić information content (AvgIpc) is 3.36. The van der Waals surface area contributed by atoms with Crippen LogP contribution in [0.3, 0.4) is 0 Å². The number of nitrogens with zero attached hydrogens (tertiary/aromatic N) is 3. The number of anilines is 2. The van der Waals surface area contributed by atoms with Crippen molar-refractivity contribution in [1.29, 1.82) is 0 Å². The monoisotopic (exact) mass is 536 g/mol. The molecular weight excluding hydrogens is 512 g/mol. The number of benzene rings is 3. The van der Waals surface area contributed by atoms with Crippen molar-refractivity contribution in [2.75, 3.05) is 23.3 Å². The van der Waals surface area contributed by atoms with E-state index in [1.807, 2.05) is 38.1 Å². The summed E-state index contributed by atoms with van der Waals surface area (Å²) in [5.41, 5.74) is 3.25. The number of ether oxygens (including phenoxy) is 2. The molecule has 1 amide bonds. The van der Waals surface area contributed by atoms with Gasteiger partial charge in [0.1, 0.15) is 16.5 Å². The Balaban J connectivity index is 1.41. The van der Waals surface area contributed by atoms with Crippen molar-refractivity contribution in [2.45, 2.75) is 24.8 Å². The lowest BCUT2D eigenvalue weighted by Crippen LogP contribution is -2.48. The molecule has 3 aromatic carbocycles. The zero-order valence-electron chi connectivity index (χ0n) is 20.3. The Morgan fingerprint density at radius 3 is 2.43 bits per heavy atom. The van der Waals surface area contributed by atoms with Crippen LogP contribution < -0.4 is 19.1 Å². The maximum atomic E-state index is 13.6. The molecular formula is C26H24N4O5S2. The van der Waals surface area contributed by atoms with Gasteiger partial charge in [0.05, 0.1) is 24.2 Å². The molecule has 0 bridgehead atoms. The molecule has 5 rings (SSSR count). The molecule has 37 heavy (non-hydrogen) atoms. The summed E-state index contributed by atoms with van der Waals surface area (Å²) in [6, 6.07) is 19.1. The number of sulfonamides is 1. The molecule has 1 N–H and O–H groups in total. The Kier molecular flexibility index (Phi) is 6.57. The minimum absolute atomic E-state index is 0.0766. The number of rotatable bonds is 6. The van der Waals surface area contributed by atoms with Crippen molar-refractivity contribution in [3.05, 3.63) is 77.9 Å².